The maximum atomic E-state index is 11.7. The molecule has 0 fully saturated rings. The maximum Gasteiger partial charge on any atom is 0.321 e. The molecule has 0 saturated heterocycles. The standard InChI is InChI=1S/C11H15NO5S/c13-7-6-10(11(14)15)12-18(16,17)8-9-4-2-1-3-5-9/h1-5,10,12-13H,6-8H2,(H,14,15)/t10-/m0/s1. The Kier molecular flexibility index (Phi) is 5.26. The molecule has 1 atom stereocenters. The minimum Gasteiger partial charge on any atom is -0.480 e. The van der Waals surface area contributed by atoms with Gasteiger partial charge in [-0.25, -0.2) is 13.1 Å². The van der Waals surface area contributed by atoms with Gasteiger partial charge in [-0.15, -0.1) is 0 Å². The van der Waals surface area contributed by atoms with E-state index in [1.807, 2.05) is 0 Å². The topological polar surface area (TPSA) is 104 Å². The first-order valence-corrected chi connectivity index (χ1v) is 6.97. The molecule has 0 bridgehead atoms. The van der Waals surface area contributed by atoms with Gasteiger partial charge in [0.15, 0.2) is 0 Å². The Morgan fingerprint density at radius 1 is 1.28 bits per heavy atom. The minimum absolute atomic E-state index is 0.163. The van der Waals surface area contributed by atoms with Crippen molar-refractivity contribution in [3.63, 3.8) is 0 Å². The summed E-state index contributed by atoms with van der Waals surface area (Å²) in [6.07, 6.45) is -0.163. The van der Waals surface area contributed by atoms with Crippen LogP contribution in [0.1, 0.15) is 12.0 Å². The number of aliphatic carboxylic acids is 1. The molecular formula is C11H15NO5S. The Balaban J connectivity index is 2.72. The van der Waals surface area contributed by atoms with Crippen LogP contribution in [0, 0.1) is 0 Å². The van der Waals surface area contributed by atoms with Gasteiger partial charge in [0.05, 0.1) is 5.75 Å². The van der Waals surface area contributed by atoms with Crippen molar-refractivity contribution < 1.29 is 23.4 Å². The molecule has 0 radical (unpaired) electrons. The molecule has 0 aromatic heterocycles. The highest BCUT2D eigenvalue weighted by molar-refractivity contribution is 7.88. The van der Waals surface area contributed by atoms with Crippen LogP contribution in [0.4, 0.5) is 0 Å². The van der Waals surface area contributed by atoms with Gasteiger partial charge in [-0.05, 0) is 12.0 Å². The van der Waals surface area contributed by atoms with Crippen LogP contribution in [0.25, 0.3) is 0 Å². The number of sulfonamides is 1. The average molecular weight is 273 g/mol. The quantitative estimate of drug-likeness (QED) is 0.646. The van der Waals surface area contributed by atoms with Crippen molar-refractivity contribution in [2.45, 2.75) is 18.2 Å². The summed E-state index contributed by atoms with van der Waals surface area (Å²) >= 11 is 0. The van der Waals surface area contributed by atoms with E-state index in [1.54, 1.807) is 30.3 Å². The maximum absolute atomic E-state index is 11.7. The Hall–Kier alpha value is -1.44. The van der Waals surface area contributed by atoms with E-state index in [4.69, 9.17) is 10.2 Å². The van der Waals surface area contributed by atoms with E-state index < -0.39 is 28.6 Å². The largest absolute Gasteiger partial charge is 0.480 e. The van der Waals surface area contributed by atoms with Crippen molar-refractivity contribution in [2.75, 3.05) is 6.61 Å². The average Bonchev–Trinajstić information content (AvgIpc) is 2.28. The molecular weight excluding hydrogens is 258 g/mol. The van der Waals surface area contributed by atoms with Crippen molar-refractivity contribution >= 4 is 16.0 Å². The molecule has 0 unspecified atom stereocenters. The van der Waals surface area contributed by atoms with Crippen LogP contribution in [0.5, 0.6) is 0 Å². The smallest absolute Gasteiger partial charge is 0.321 e. The molecule has 18 heavy (non-hydrogen) atoms. The summed E-state index contributed by atoms with van der Waals surface area (Å²) in [7, 11) is -3.74. The van der Waals surface area contributed by atoms with Crippen LogP contribution in [-0.2, 0) is 20.6 Å². The van der Waals surface area contributed by atoms with E-state index in [0.717, 1.165) is 0 Å². The van der Waals surface area contributed by atoms with E-state index >= 15 is 0 Å². The Morgan fingerprint density at radius 2 is 1.89 bits per heavy atom. The van der Waals surface area contributed by atoms with Crippen LogP contribution >= 0.6 is 0 Å². The van der Waals surface area contributed by atoms with E-state index in [1.165, 1.54) is 0 Å². The first kappa shape index (κ1) is 14.6. The lowest BCUT2D eigenvalue weighted by Gasteiger charge is -2.13. The van der Waals surface area contributed by atoms with E-state index in [9.17, 15) is 13.2 Å². The lowest BCUT2D eigenvalue weighted by molar-refractivity contribution is -0.139. The summed E-state index contributed by atoms with van der Waals surface area (Å²) in [6.45, 7) is -0.398. The zero-order valence-corrected chi connectivity index (χ0v) is 10.4. The van der Waals surface area contributed by atoms with E-state index in [0.29, 0.717) is 5.56 Å². The van der Waals surface area contributed by atoms with E-state index in [-0.39, 0.29) is 12.2 Å². The Morgan fingerprint density at radius 3 is 2.39 bits per heavy atom. The summed E-state index contributed by atoms with van der Waals surface area (Å²) in [6, 6.07) is 7.14. The number of benzene rings is 1. The SMILES string of the molecule is O=C(O)[C@H](CCO)NS(=O)(=O)Cc1ccccc1. The summed E-state index contributed by atoms with van der Waals surface area (Å²) in [5.74, 6) is -1.59. The number of aliphatic hydroxyl groups is 1. The molecule has 0 aliphatic rings. The molecule has 6 nitrogen and oxygen atoms in total. The fourth-order valence-electron chi connectivity index (χ4n) is 1.41. The van der Waals surface area contributed by atoms with Gasteiger partial charge >= 0.3 is 5.97 Å². The first-order chi connectivity index (χ1) is 8.44. The highest BCUT2D eigenvalue weighted by Gasteiger charge is 2.23. The summed E-state index contributed by atoms with van der Waals surface area (Å²) in [4.78, 5) is 10.8. The fourth-order valence-corrected chi connectivity index (χ4v) is 2.78. The minimum atomic E-state index is -3.74. The second-order valence-corrected chi connectivity index (χ2v) is 5.52. The number of hydrogen-bond acceptors (Lipinski definition) is 4. The third-order valence-corrected chi connectivity index (χ3v) is 3.59. The molecule has 1 aromatic carbocycles. The Labute approximate surface area is 105 Å². The molecule has 1 aromatic rings. The number of carboxylic acids is 1. The van der Waals surface area contributed by atoms with Crippen molar-refractivity contribution in [3.8, 4) is 0 Å². The van der Waals surface area contributed by atoms with Gasteiger partial charge in [0.2, 0.25) is 10.0 Å². The lowest BCUT2D eigenvalue weighted by Crippen LogP contribution is -2.41. The van der Waals surface area contributed by atoms with Gasteiger partial charge in [-0.3, -0.25) is 4.79 Å². The third-order valence-electron chi connectivity index (χ3n) is 2.24. The summed E-state index contributed by atoms with van der Waals surface area (Å²) < 4.78 is 25.5. The van der Waals surface area contributed by atoms with Crippen molar-refractivity contribution in [2.24, 2.45) is 0 Å². The summed E-state index contributed by atoms with van der Waals surface area (Å²) in [5.41, 5.74) is 0.568. The normalized spacial score (nSPS) is 13.2. The molecule has 7 heteroatoms. The second-order valence-electron chi connectivity index (χ2n) is 3.77. The van der Waals surface area contributed by atoms with Gasteiger partial charge in [-0.1, -0.05) is 30.3 Å². The van der Waals surface area contributed by atoms with Gasteiger partial charge in [0.1, 0.15) is 6.04 Å². The van der Waals surface area contributed by atoms with Gasteiger partial charge in [0, 0.05) is 6.61 Å². The number of hydrogen-bond donors (Lipinski definition) is 3. The number of nitrogens with one attached hydrogen (secondary N) is 1. The van der Waals surface area contributed by atoms with Gasteiger partial charge in [-0.2, -0.15) is 0 Å². The highest BCUT2D eigenvalue weighted by Crippen LogP contribution is 2.05. The summed E-state index contributed by atoms with van der Waals surface area (Å²) in [5, 5.41) is 17.5. The molecule has 1 rings (SSSR count). The number of aliphatic hydroxyl groups excluding tert-OH is 1. The molecule has 0 aliphatic heterocycles. The monoisotopic (exact) mass is 273 g/mol. The number of carbonyl (C=O) groups is 1. The van der Waals surface area contributed by atoms with Crippen LogP contribution in [0.15, 0.2) is 30.3 Å². The molecule has 0 amide bonds. The van der Waals surface area contributed by atoms with Gasteiger partial charge < -0.3 is 10.2 Å². The predicted molar refractivity (Wildman–Crippen MR) is 65.3 cm³/mol. The molecule has 0 saturated carbocycles. The number of carboxylic acid groups (broad SMARTS) is 1. The third kappa shape index (κ3) is 4.82. The molecule has 0 spiro atoms. The second kappa shape index (κ2) is 6.48. The van der Waals surface area contributed by atoms with Crippen molar-refractivity contribution in [3.05, 3.63) is 35.9 Å². The van der Waals surface area contributed by atoms with Crippen LogP contribution in [0.2, 0.25) is 0 Å². The molecule has 3 N–H and O–H groups in total. The predicted octanol–water partition coefficient (Wildman–Crippen LogP) is -0.0584. The van der Waals surface area contributed by atoms with Gasteiger partial charge in [0.25, 0.3) is 0 Å². The molecule has 100 valence electrons. The zero-order valence-electron chi connectivity index (χ0n) is 9.61. The zero-order chi connectivity index (χ0) is 13.6. The van der Waals surface area contributed by atoms with Crippen molar-refractivity contribution in [1.82, 2.24) is 4.72 Å². The highest BCUT2D eigenvalue weighted by atomic mass is 32.2. The van der Waals surface area contributed by atoms with Crippen molar-refractivity contribution in [1.29, 1.82) is 0 Å². The van der Waals surface area contributed by atoms with Crippen LogP contribution in [-0.4, -0.2) is 37.2 Å². The first-order valence-electron chi connectivity index (χ1n) is 5.32. The molecule has 0 heterocycles. The lowest BCUT2D eigenvalue weighted by atomic mass is 10.2. The fraction of sp³-hybridized carbons (Fsp3) is 0.364. The molecule has 0 aliphatic carbocycles. The Bertz CT molecular complexity index is 485. The number of rotatable bonds is 7. The van der Waals surface area contributed by atoms with Crippen LogP contribution in [0.3, 0.4) is 0 Å². The van der Waals surface area contributed by atoms with Crippen LogP contribution < -0.4 is 4.72 Å². The van der Waals surface area contributed by atoms with E-state index in [2.05, 4.69) is 4.72 Å².